The van der Waals surface area contributed by atoms with Crippen molar-refractivity contribution in [1.29, 1.82) is 0 Å². The number of hydrogen-bond acceptors (Lipinski definition) is 5. The van der Waals surface area contributed by atoms with Gasteiger partial charge in [-0.1, -0.05) is 30.3 Å². The topological polar surface area (TPSA) is 87.7 Å². The van der Waals surface area contributed by atoms with Crippen molar-refractivity contribution in [2.45, 2.75) is 43.9 Å². The van der Waals surface area contributed by atoms with Gasteiger partial charge in [-0.05, 0) is 38.3 Å². The minimum atomic E-state index is -1.07. The van der Waals surface area contributed by atoms with Crippen molar-refractivity contribution in [3.8, 4) is 0 Å². The summed E-state index contributed by atoms with van der Waals surface area (Å²) in [5.74, 6) is -0.934. The van der Waals surface area contributed by atoms with E-state index in [4.69, 9.17) is 0 Å². The van der Waals surface area contributed by atoms with Gasteiger partial charge < -0.3 is 20.5 Å². The normalized spacial score (nSPS) is 23.1. The maximum Gasteiger partial charge on any atom is 0.331 e. The molecule has 0 saturated carbocycles. The number of rotatable bonds is 6. The lowest BCUT2D eigenvalue weighted by Gasteiger charge is -2.31. The average molecular weight is 320 g/mol. The van der Waals surface area contributed by atoms with Gasteiger partial charge in [0.15, 0.2) is 6.04 Å². The second-order valence-electron chi connectivity index (χ2n) is 5.99. The second kappa shape index (κ2) is 7.57. The maximum atomic E-state index is 12.8. The number of esters is 1. The highest BCUT2D eigenvalue weighted by molar-refractivity contribution is 5.91. The lowest BCUT2D eigenvalue weighted by Crippen LogP contribution is -2.60. The fraction of sp³-hybridized carbons (Fsp3) is 0.529. The molecule has 23 heavy (non-hydrogen) atoms. The van der Waals surface area contributed by atoms with E-state index in [0.717, 1.165) is 18.5 Å². The Morgan fingerprint density at radius 3 is 2.61 bits per heavy atom. The first kappa shape index (κ1) is 17.4. The quantitative estimate of drug-likeness (QED) is 0.660. The zero-order chi connectivity index (χ0) is 16.9. The summed E-state index contributed by atoms with van der Waals surface area (Å²) in [7, 11) is 1.23. The molecule has 1 aromatic rings. The fourth-order valence-corrected chi connectivity index (χ4v) is 2.96. The van der Waals surface area contributed by atoms with Gasteiger partial charge in [0.05, 0.1) is 13.2 Å². The number of aliphatic hydroxyl groups is 1. The van der Waals surface area contributed by atoms with Crippen LogP contribution in [0.15, 0.2) is 30.3 Å². The molecule has 0 aromatic heterocycles. The van der Waals surface area contributed by atoms with Crippen molar-refractivity contribution in [3.05, 3.63) is 35.9 Å². The zero-order valence-corrected chi connectivity index (χ0v) is 13.5. The molecule has 3 N–H and O–H groups in total. The van der Waals surface area contributed by atoms with Crippen molar-refractivity contribution in [1.82, 2.24) is 10.6 Å². The Morgan fingerprint density at radius 1 is 1.39 bits per heavy atom. The highest BCUT2D eigenvalue weighted by Crippen LogP contribution is 2.25. The van der Waals surface area contributed by atoms with E-state index in [2.05, 4.69) is 15.4 Å². The van der Waals surface area contributed by atoms with Crippen LogP contribution in [0.25, 0.3) is 0 Å². The summed E-state index contributed by atoms with van der Waals surface area (Å²) in [6.07, 6.45) is 1.08. The molecule has 1 saturated heterocycles. The summed E-state index contributed by atoms with van der Waals surface area (Å²) in [6.45, 7) is 2.20. The molecule has 126 valence electrons. The Morgan fingerprint density at radius 2 is 2.09 bits per heavy atom. The molecule has 1 aromatic carbocycles. The van der Waals surface area contributed by atoms with E-state index in [0.29, 0.717) is 12.8 Å². The van der Waals surface area contributed by atoms with Crippen LogP contribution in [0.3, 0.4) is 0 Å². The third-order valence-corrected chi connectivity index (χ3v) is 4.25. The largest absolute Gasteiger partial charge is 0.467 e. The Kier molecular flexibility index (Phi) is 5.74. The zero-order valence-electron chi connectivity index (χ0n) is 13.5. The van der Waals surface area contributed by atoms with Crippen LogP contribution in [0.2, 0.25) is 0 Å². The number of ether oxygens (including phenoxy) is 1. The number of hydrogen-bond donors (Lipinski definition) is 3. The second-order valence-corrected chi connectivity index (χ2v) is 5.99. The van der Waals surface area contributed by atoms with Crippen LogP contribution < -0.4 is 10.6 Å². The first-order chi connectivity index (χ1) is 11.0. The van der Waals surface area contributed by atoms with E-state index in [1.165, 1.54) is 14.0 Å². The maximum absolute atomic E-state index is 12.8. The van der Waals surface area contributed by atoms with E-state index in [1.54, 1.807) is 0 Å². The monoisotopic (exact) mass is 320 g/mol. The molecule has 1 aliphatic rings. The van der Waals surface area contributed by atoms with Gasteiger partial charge >= 0.3 is 5.97 Å². The smallest absolute Gasteiger partial charge is 0.331 e. The number of aliphatic hydroxyl groups excluding tert-OH is 1. The van der Waals surface area contributed by atoms with E-state index >= 15 is 0 Å². The first-order valence-corrected chi connectivity index (χ1v) is 7.84. The van der Waals surface area contributed by atoms with Gasteiger partial charge in [-0.3, -0.25) is 4.79 Å². The van der Waals surface area contributed by atoms with Crippen molar-refractivity contribution >= 4 is 11.9 Å². The van der Waals surface area contributed by atoms with E-state index < -0.39 is 23.7 Å². The van der Waals surface area contributed by atoms with Crippen molar-refractivity contribution in [3.63, 3.8) is 0 Å². The van der Waals surface area contributed by atoms with Gasteiger partial charge in [-0.15, -0.1) is 0 Å². The number of methoxy groups -OCH3 is 1. The number of carbonyl (C=O) groups is 2. The summed E-state index contributed by atoms with van der Waals surface area (Å²) >= 11 is 0. The summed E-state index contributed by atoms with van der Waals surface area (Å²) in [5, 5.41) is 15.7. The lowest BCUT2D eigenvalue weighted by atomic mass is 9.88. The number of amides is 1. The predicted molar refractivity (Wildman–Crippen MR) is 85.7 cm³/mol. The van der Waals surface area contributed by atoms with Gasteiger partial charge in [0.2, 0.25) is 5.91 Å². The third-order valence-electron chi connectivity index (χ3n) is 4.25. The molecule has 1 fully saturated rings. The van der Waals surface area contributed by atoms with Crippen LogP contribution in [-0.2, 0) is 20.7 Å². The van der Waals surface area contributed by atoms with E-state index in [1.807, 2.05) is 30.3 Å². The number of carbonyl (C=O) groups excluding carboxylic acids is 2. The molecule has 2 rings (SSSR count). The molecule has 1 amide bonds. The SMILES string of the molecule is COC(=O)[C@@H](NC(=O)C1(Cc2ccccc2)CCCN1)[C@@H](C)O. The van der Waals surface area contributed by atoms with Crippen LogP contribution in [0.5, 0.6) is 0 Å². The molecule has 0 radical (unpaired) electrons. The van der Waals surface area contributed by atoms with Crippen LogP contribution in [-0.4, -0.2) is 48.3 Å². The predicted octanol–water partition coefficient (Wildman–Crippen LogP) is 0.390. The summed E-state index contributed by atoms with van der Waals surface area (Å²) < 4.78 is 4.65. The van der Waals surface area contributed by atoms with Gasteiger partial charge in [0, 0.05) is 0 Å². The Bertz CT molecular complexity index is 539. The first-order valence-electron chi connectivity index (χ1n) is 7.84. The van der Waals surface area contributed by atoms with Gasteiger partial charge in [0.1, 0.15) is 5.54 Å². The Balaban J connectivity index is 2.16. The summed E-state index contributed by atoms with van der Waals surface area (Å²) in [6, 6.07) is 8.68. The van der Waals surface area contributed by atoms with Crippen molar-refractivity contribution in [2.24, 2.45) is 0 Å². The molecule has 1 unspecified atom stereocenters. The molecule has 6 nitrogen and oxygen atoms in total. The molecule has 0 spiro atoms. The lowest BCUT2D eigenvalue weighted by molar-refractivity contribution is -0.149. The van der Waals surface area contributed by atoms with E-state index in [9.17, 15) is 14.7 Å². The highest BCUT2D eigenvalue weighted by Gasteiger charge is 2.43. The van der Waals surface area contributed by atoms with Gasteiger partial charge in [0.25, 0.3) is 0 Å². The molecular weight excluding hydrogens is 296 g/mol. The van der Waals surface area contributed by atoms with Crippen LogP contribution in [0, 0.1) is 0 Å². The molecule has 6 heteroatoms. The molecule has 1 aliphatic heterocycles. The minimum absolute atomic E-state index is 0.282. The van der Waals surface area contributed by atoms with E-state index in [-0.39, 0.29) is 5.91 Å². The minimum Gasteiger partial charge on any atom is -0.467 e. The molecule has 1 heterocycles. The molecule has 3 atom stereocenters. The molecule has 0 aliphatic carbocycles. The van der Waals surface area contributed by atoms with Crippen LogP contribution in [0.1, 0.15) is 25.3 Å². The van der Waals surface area contributed by atoms with Crippen molar-refractivity contribution in [2.75, 3.05) is 13.7 Å². The summed E-state index contributed by atoms with van der Waals surface area (Å²) in [5.41, 5.74) is 0.284. The number of benzene rings is 1. The Hall–Kier alpha value is -1.92. The Labute approximate surface area is 136 Å². The van der Waals surface area contributed by atoms with Gasteiger partial charge in [-0.2, -0.15) is 0 Å². The number of nitrogens with one attached hydrogen (secondary N) is 2. The highest BCUT2D eigenvalue weighted by atomic mass is 16.5. The molecular formula is C17H24N2O4. The van der Waals surface area contributed by atoms with Gasteiger partial charge in [-0.25, -0.2) is 4.79 Å². The van der Waals surface area contributed by atoms with Crippen LogP contribution in [0.4, 0.5) is 0 Å². The summed E-state index contributed by atoms with van der Waals surface area (Å²) in [4.78, 5) is 24.6. The standard InChI is InChI=1S/C17H24N2O4/c1-12(20)14(15(21)23-2)19-16(22)17(9-6-10-18-17)11-13-7-4-3-5-8-13/h3-5,7-8,12,14,18,20H,6,9-11H2,1-2H3,(H,19,22)/t12-,14+,17?/m1/s1. The fourth-order valence-electron chi connectivity index (χ4n) is 2.96. The van der Waals surface area contributed by atoms with Crippen LogP contribution >= 0.6 is 0 Å². The van der Waals surface area contributed by atoms with Crippen molar-refractivity contribution < 1.29 is 19.4 Å². The third kappa shape index (κ3) is 4.09. The average Bonchev–Trinajstić information content (AvgIpc) is 3.02. The molecule has 0 bridgehead atoms.